The number of amides is 1. The highest BCUT2D eigenvalue weighted by atomic mass is 127. The number of hydrogen-bond donors (Lipinski definition) is 2. The number of nitrogens with zero attached hydrogens (tertiary/aromatic N) is 1. The molecular weight excluding hydrogens is 329 g/mol. The lowest BCUT2D eigenvalue weighted by atomic mass is 10.2. The van der Waals surface area contributed by atoms with E-state index in [9.17, 15) is 4.79 Å². The van der Waals surface area contributed by atoms with Crippen LogP contribution in [0.4, 0.5) is 11.4 Å². The summed E-state index contributed by atoms with van der Waals surface area (Å²) in [6.45, 7) is 3.12. The lowest BCUT2D eigenvalue weighted by Gasteiger charge is -2.20. The Labute approximate surface area is 116 Å². The van der Waals surface area contributed by atoms with Gasteiger partial charge >= 0.3 is 0 Å². The standard InChI is InChI=1S/C12H18IN3O/c1-3-6-15-12(17)8-16(2)11-5-4-9(14)7-10(11)13/h4-5,7H,3,6,8,14H2,1-2H3,(H,15,17). The third-order valence-electron chi connectivity index (χ3n) is 2.34. The Hall–Kier alpha value is -0.980. The van der Waals surface area contributed by atoms with E-state index < -0.39 is 0 Å². The normalized spacial score (nSPS) is 10.1. The maximum Gasteiger partial charge on any atom is 0.239 e. The van der Waals surface area contributed by atoms with Gasteiger partial charge < -0.3 is 16.0 Å². The SMILES string of the molecule is CCCNC(=O)CN(C)c1ccc(N)cc1I. The zero-order valence-corrected chi connectivity index (χ0v) is 12.3. The van der Waals surface area contributed by atoms with Crippen molar-refractivity contribution in [3.63, 3.8) is 0 Å². The highest BCUT2D eigenvalue weighted by Crippen LogP contribution is 2.23. The van der Waals surface area contributed by atoms with E-state index in [1.165, 1.54) is 0 Å². The summed E-state index contributed by atoms with van der Waals surface area (Å²) in [5.41, 5.74) is 7.45. The van der Waals surface area contributed by atoms with Crippen LogP contribution < -0.4 is 16.0 Å². The number of nitrogen functional groups attached to an aromatic ring is 1. The Kier molecular flexibility index (Phi) is 5.54. The van der Waals surface area contributed by atoms with Gasteiger partial charge in [-0.15, -0.1) is 0 Å². The van der Waals surface area contributed by atoms with Crippen molar-refractivity contribution in [1.29, 1.82) is 0 Å². The van der Waals surface area contributed by atoms with Gasteiger partial charge in [0.2, 0.25) is 5.91 Å². The summed E-state index contributed by atoms with van der Waals surface area (Å²) in [5, 5.41) is 2.86. The molecule has 3 N–H and O–H groups in total. The van der Waals surface area contributed by atoms with Crippen LogP contribution in [0.3, 0.4) is 0 Å². The first-order valence-electron chi connectivity index (χ1n) is 5.57. The second-order valence-electron chi connectivity index (χ2n) is 3.92. The second-order valence-corrected chi connectivity index (χ2v) is 5.08. The molecular formula is C12H18IN3O. The Morgan fingerprint density at radius 1 is 1.53 bits per heavy atom. The highest BCUT2D eigenvalue weighted by Gasteiger charge is 2.09. The van der Waals surface area contributed by atoms with Crippen molar-refractivity contribution in [2.45, 2.75) is 13.3 Å². The summed E-state index contributed by atoms with van der Waals surface area (Å²) in [6, 6.07) is 5.68. The number of carbonyl (C=O) groups excluding carboxylic acids is 1. The Morgan fingerprint density at radius 2 is 2.24 bits per heavy atom. The van der Waals surface area contributed by atoms with Crippen molar-refractivity contribution in [3.8, 4) is 0 Å². The van der Waals surface area contributed by atoms with Gasteiger partial charge in [0.15, 0.2) is 0 Å². The van der Waals surface area contributed by atoms with Crippen molar-refractivity contribution in [1.82, 2.24) is 5.32 Å². The number of benzene rings is 1. The molecule has 1 rings (SSSR count). The van der Waals surface area contributed by atoms with Crippen LogP contribution in [0, 0.1) is 3.57 Å². The van der Waals surface area contributed by atoms with Crippen LogP contribution in [0.15, 0.2) is 18.2 Å². The van der Waals surface area contributed by atoms with Crippen LogP contribution >= 0.6 is 22.6 Å². The van der Waals surface area contributed by atoms with E-state index in [2.05, 4.69) is 27.9 Å². The Morgan fingerprint density at radius 3 is 2.82 bits per heavy atom. The van der Waals surface area contributed by atoms with Crippen molar-refractivity contribution in [2.24, 2.45) is 0 Å². The molecule has 4 nitrogen and oxygen atoms in total. The van der Waals surface area contributed by atoms with E-state index >= 15 is 0 Å². The van der Waals surface area contributed by atoms with E-state index in [0.717, 1.165) is 27.9 Å². The number of nitrogens with one attached hydrogen (secondary N) is 1. The van der Waals surface area contributed by atoms with Gasteiger partial charge in [0.1, 0.15) is 0 Å². The summed E-state index contributed by atoms with van der Waals surface area (Å²) >= 11 is 2.22. The molecule has 0 aliphatic rings. The van der Waals surface area contributed by atoms with Crippen molar-refractivity contribution in [3.05, 3.63) is 21.8 Å². The summed E-state index contributed by atoms with van der Waals surface area (Å²) in [4.78, 5) is 13.5. The monoisotopic (exact) mass is 347 g/mol. The van der Waals surface area contributed by atoms with Crippen LogP contribution in [0.5, 0.6) is 0 Å². The summed E-state index contributed by atoms with van der Waals surface area (Å²) < 4.78 is 1.05. The molecule has 5 heteroatoms. The molecule has 0 atom stereocenters. The summed E-state index contributed by atoms with van der Waals surface area (Å²) in [6.07, 6.45) is 0.953. The minimum Gasteiger partial charge on any atom is -0.399 e. The van der Waals surface area contributed by atoms with Gasteiger partial charge in [-0.3, -0.25) is 4.79 Å². The van der Waals surface area contributed by atoms with Gasteiger partial charge in [0, 0.05) is 22.8 Å². The zero-order valence-electron chi connectivity index (χ0n) is 10.2. The molecule has 0 spiro atoms. The van der Waals surface area contributed by atoms with Gasteiger partial charge in [-0.25, -0.2) is 0 Å². The summed E-state index contributed by atoms with van der Waals surface area (Å²) in [5.74, 6) is 0.0435. The fraction of sp³-hybridized carbons (Fsp3) is 0.417. The first kappa shape index (κ1) is 14.1. The molecule has 1 amide bonds. The molecule has 1 aromatic carbocycles. The molecule has 94 valence electrons. The van der Waals surface area contributed by atoms with Crippen LogP contribution in [0.25, 0.3) is 0 Å². The first-order chi connectivity index (χ1) is 8.04. The summed E-state index contributed by atoms with van der Waals surface area (Å²) in [7, 11) is 1.90. The molecule has 0 heterocycles. The number of anilines is 2. The largest absolute Gasteiger partial charge is 0.399 e. The van der Waals surface area contributed by atoms with Crippen LogP contribution in [0.2, 0.25) is 0 Å². The first-order valence-corrected chi connectivity index (χ1v) is 6.65. The minimum absolute atomic E-state index is 0.0435. The topological polar surface area (TPSA) is 58.4 Å². The second kappa shape index (κ2) is 6.68. The third-order valence-corrected chi connectivity index (χ3v) is 3.20. The number of likely N-dealkylation sites (N-methyl/N-ethyl adjacent to an activating group) is 1. The smallest absolute Gasteiger partial charge is 0.239 e. The minimum atomic E-state index is 0.0435. The van der Waals surface area contributed by atoms with E-state index in [0.29, 0.717) is 6.54 Å². The third kappa shape index (κ3) is 4.41. The number of carbonyl (C=O) groups is 1. The number of nitrogens with two attached hydrogens (primary N) is 1. The molecule has 0 fully saturated rings. The predicted molar refractivity (Wildman–Crippen MR) is 80.1 cm³/mol. The van der Waals surface area contributed by atoms with E-state index in [-0.39, 0.29) is 5.91 Å². The van der Waals surface area contributed by atoms with E-state index in [4.69, 9.17) is 5.73 Å². The predicted octanol–water partition coefficient (Wildman–Crippen LogP) is 1.84. The average Bonchev–Trinajstić information content (AvgIpc) is 2.26. The number of hydrogen-bond acceptors (Lipinski definition) is 3. The molecule has 0 unspecified atom stereocenters. The van der Waals surface area contributed by atoms with Gasteiger partial charge in [0.25, 0.3) is 0 Å². The average molecular weight is 347 g/mol. The van der Waals surface area contributed by atoms with Gasteiger partial charge in [-0.05, 0) is 47.2 Å². The quantitative estimate of drug-likeness (QED) is 0.631. The molecule has 0 aliphatic heterocycles. The van der Waals surface area contributed by atoms with Gasteiger partial charge in [-0.1, -0.05) is 6.92 Å². The van der Waals surface area contributed by atoms with E-state index in [1.54, 1.807) is 0 Å². The zero-order chi connectivity index (χ0) is 12.8. The molecule has 0 radical (unpaired) electrons. The fourth-order valence-corrected chi connectivity index (χ4v) is 2.40. The molecule has 0 aromatic heterocycles. The van der Waals surface area contributed by atoms with Crippen LogP contribution in [0.1, 0.15) is 13.3 Å². The van der Waals surface area contributed by atoms with Gasteiger partial charge in [-0.2, -0.15) is 0 Å². The Balaban J connectivity index is 2.63. The molecule has 0 bridgehead atoms. The van der Waals surface area contributed by atoms with Crippen LogP contribution in [-0.2, 0) is 4.79 Å². The number of halogens is 1. The molecule has 0 aliphatic carbocycles. The lowest BCUT2D eigenvalue weighted by Crippen LogP contribution is -2.35. The van der Waals surface area contributed by atoms with Gasteiger partial charge in [0.05, 0.1) is 12.2 Å². The highest BCUT2D eigenvalue weighted by molar-refractivity contribution is 14.1. The fourth-order valence-electron chi connectivity index (χ4n) is 1.45. The van der Waals surface area contributed by atoms with Crippen molar-refractivity contribution >= 4 is 39.9 Å². The maximum atomic E-state index is 11.6. The molecule has 17 heavy (non-hydrogen) atoms. The van der Waals surface area contributed by atoms with Crippen LogP contribution in [-0.4, -0.2) is 26.0 Å². The molecule has 1 aromatic rings. The molecule has 0 saturated carbocycles. The lowest BCUT2D eigenvalue weighted by molar-refractivity contribution is -0.119. The number of rotatable bonds is 5. The van der Waals surface area contributed by atoms with Crippen molar-refractivity contribution < 1.29 is 4.79 Å². The molecule has 0 saturated heterocycles. The van der Waals surface area contributed by atoms with E-state index in [1.807, 2.05) is 37.1 Å². The van der Waals surface area contributed by atoms with Crippen molar-refractivity contribution in [2.75, 3.05) is 30.8 Å². The Bertz CT molecular complexity index is 395. The maximum absolute atomic E-state index is 11.6.